The maximum Gasteiger partial charge on any atom is 0.260 e. The van der Waals surface area contributed by atoms with E-state index in [0.29, 0.717) is 30.2 Å². The maximum absolute atomic E-state index is 11.8. The van der Waals surface area contributed by atoms with E-state index in [1.165, 1.54) is 0 Å². The Morgan fingerprint density at radius 3 is 2.75 bits per heavy atom. The third kappa shape index (κ3) is 4.42. The lowest BCUT2D eigenvalue weighted by Gasteiger charge is -2.19. The van der Waals surface area contributed by atoms with Crippen LogP contribution < -0.4 is 14.8 Å². The van der Waals surface area contributed by atoms with Gasteiger partial charge in [0.05, 0.1) is 13.2 Å². The van der Waals surface area contributed by atoms with Crippen molar-refractivity contribution in [3.8, 4) is 11.5 Å². The molecule has 1 unspecified atom stereocenters. The summed E-state index contributed by atoms with van der Waals surface area (Å²) in [4.78, 5) is 11.8. The first-order valence-electron chi connectivity index (χ1n) is 6.93. The summed E-state index contributed by atoms with van der Waals surface area (Å²) in [6, 6.07) is 5.29. The predicted octanol–water partition coefficient (Wildman–Crippen LogP) is 1.87. The van der Waals surface area contributed by atoms with Gasteiger partial charge in [-0.2, -0.15) is 0 Å². The van der Waals surface area contributed by atoms with Crippen molar-refractivity contribution in [1.29, 1.82) is 0 Å². The molecule has 0 radical (unpaired) electrons. The fourth-order valence-electron chi connectivity index (χ4n) is 1.71. The Labute approximate surface area is 119 Å². The van der Waals surface area contributed by atoms with Gasteiger partial charge in [-0.3, -0.25) is 4.79 Å². The second-order valence-corrected chi connectivity index (χ2v) is 4.39. The van der Waals surface area contributed by atoms with Gasteiger partial charge in [0.1, 0.15) is 0 Å². The lowest BCUT2D eigenvalue weighted by Crippen LogP contribution is -2.36. The SMILES string of the molecule is CCCNC(=O)C(C)Oc1c(CO)cccc1OCC. The van der Waals surface area contributed by atoms with Crippen molar-refractivity contribution in [3.05, 3.63) is 23.8 Å². The molecule has 0 bridgehead atoms. The summed E-state index contributed by atoms with van der Waals surface area (Å²) in [5.41, 5.74) is 0.603. The smallest absolute Gasteiger partial charge is 0.260 e. The third-order valence-electron chi connectivity index (χ3n) is 2.74. The third-order valence-corrected chi connectivity index (χ3v) is 2.74. The number of rotatable bonds is 8. The molecule has 5 nitrogen and oxygen atoms in total. The molecule has 0 saturated carbocycles. The summed E-state index contributed by atoms with van der Waals surface area (Å²) >= 11 is 0. The van der Waals surface area contributed by atoms with E-state index in [4.69, 9.17) is 9.47 Å². The van der Waals surface area contributed by atoms with Crippen LogP contribution in [0.1, 0.15) is 32.8 Å². The molecule has 1 rings (SSSR count). The summed E-state index contributed by atoms with van der Waals surface area (Å²) in [7, 11) is 0. The van der Waals surface area contributed by atoms with Crippen LogP contribution in [0.15, 0.2) is 18.2 Å². The molecule has 1 aromatic rings. The highest BCUT2D eigenvalue weighted by Crippen LogP contribution is 2.32. The largest absolute Gasteiger partial charge is 0.490 e. The standard InChI is InChI=1S/C15H23NO4/c1-4-9-16-15(18)11(3)20-14-12(10-17)7-6-8-13(14)19-5-2/h6-8,11,17H,4-5,9-10H2,1-3H3,(H,16,18). The molecule has 0 spiro atoms. The second-order valence-electron chi connectivity index (χ2n) is 4.39. The van der Waals surface area contributed by atoms with E-state index in [1.54, 1.807) is 25.1 Å². The first-order chi connectivity index (χ1) is 9.63. The highest BCUT2D eigenvalue weighted by Gasteiger charge is 2.18. The highest BCUT2D eigenvalue weighted by atomic mass is 16.5. The van der Waals surface area contributed by atoms with E-state index in [9.17, 15) is 9.90 Å². The molecular formula is C15H23NO4. The molecule has 0 aromatic heterocycles. The fraction of sp³-hybridized carbons (Fsp3) is 0.533. The van der Waals surface area contributed by atoms with Crippen molar-refractivity contribution >= 4 is 5.91 Å². The zero-order chi connectivity index (χ0) is 15.0. The molecule has 2 N–H and O–H groups in total. The highest BCUT2D eigenvalue weighted by molar-refractivity contribution is 5.80. The van der Waals surface area contributed by atoms with E-state index in [1.807, 2.05) is 13.8 Å². The first-order valence-corrected chi connectivity index (χ1v) is 6.93. The van der Waals surface area contributed by atoms with Gasteiger partial charge in [-0.1, -0.05) is 19.1 Å². The zero-order valence-electron chi connectivity index (χ0n) is 12.3. The van der Waals surface area contributed by atoms with Crippen LogP contribution in [-0.2, 0) is 11.4 Å². The molecule has 0 heterocycles. The minimum Gasteiger partial charge on any atom is -0.490 e. The van der Waals surface area contributed by atoms with Crippen molar-refractivity contribution in [2.45, 2.75) is 39.9 Å². The van der Waals surface area contributed by atoms with E-state index in [-0.39, 0.29) is 12.5 Å². The topological polar surface area (TPSA) is 67.8 Å². The van der Waals surface area contributed by atoms with Crippen LogP contribution in [0.5, 0.6) is 11.5 Å². The summed E-state index contributed by atoms with van der Waals surface area (Å²) in [5, 5.41) is 12.1. The van der Waals surface area contributed by atoms with Crippen molar-refractivity contribution < 1.29 is 19.4 Å². The van der Waals surface area contributed by atoms with Crippen LogP contribution in [0.2, 0.25) is 0 Å². The molecule has 1 amide bonds. The van der Waals surface area contributed by atoms with E-state index < -0.39 is 6.10 Å². The summed E-state index contributed by atoms with van der Waals surface area (Å²) in [6.45, 7) is 6.47. The Hall–Kier alpha value is -1.75. The van der Waals surface area contributed by atoms with E-state index in [2.05, 4.69) is 5.32 Å². The van der Waals surface area contributed by atoms with Crippen LogP contribution in [-0.4, -0.2) is 30.3 Å². The molecule has 5 heteroatoms. The number of para-hydroxylation sites is 1. The Bertz CT molecular complexity index is 434. The van der Waals surface area contributed by atoms with E-state index in [0.717, 1.165) is 6.42 Å². The molecule has 1 aromatic carbocycles. The summed E-state index contributed by atoms with van der Waals surface area (Å²) in [6.07, 6.45) is 0.226. The van der Waals surface area contributed by atoms with Crippen LogP contribution >= 0.6 is 0 Å². The molecule has 20 heavy (non-hydrogen) atoms. The van der Waals surface area contributed by atoms with Crippen molar-refractivity contribution in [1.82, 2.24) is 5.32 Å². The minimum absolute atomic E-state index is 0.167. The molecule has 0 saturated heterocycles. The minimum atomic E-state index is -0.645. The number of benzene rings is 1. The number of carbonyl (C=O) groups is 1. The van der Waals surface area contributed by atoms with Gasteiger partial charge in [0.2, 0.25) is 0 Å². The van der Waals surface area contributed by atoms with Gasteiger partial charge in [0.25, 0.3) is 5.91 Å². The van der Waals surface area contributed by atoms with Gasteiger partial charge in [-0.15, -0.1) is 0 Å². The summed E-state index contributed by atoms with van der Waals surface area (Å²) < 4.78 is 11.2. The maximum atomic E-state index is 11.8. The van der Waals surface area contributed by atoms with Gasteiger partial charge in [-0.25, -0.2) is 0 Å². The molecule has 1 atom stereocenters. The number of ether oxygens (including phenoxy) is 2. The second kappa shape index (κ2) is 8.43. The predicted molar refractivity (Wildman–Crippen MR) is 76.9 cm³/mol. The molecule has 0 fully saturated rings. The number of carbonyl (C=O) groups excluding carboxylic acids is 1. The van der Waals surface area contributed by atoms with Crippen LogP contribution in [0.3, 0.4) is 0 Å². The van der Waals surface area contributed by atoms with E-state index >= 15 is 0 Å². The fourth-order valence-corrected chi connectivity index (χ4v) is 1.71. The molecule has 0 aliphatic rings. The van der Waals surface area contributed by atoms with Crippen LogP contribution in [0, 0.1) is 0 Å². The Morgan fingerprint density at radius 1 is 1.40 bits per heavy atom. The molecular weight excluding hydrogens is 258 g/mol. The van der Waals surface area contributed by atoms with Crippen molar-refractivity contribution in [2.24, 2.45) is 0 Å². The van der Waals surface area contributed by atoms with Gasteiger partial charge in [0.15, 0.2) is 17.6 Å². The molecule has 0 aliphatic heterocycles. The normalized spacial score (nSPS) is 11.8. The number of aliphatic hydroxyl groups is 1. The quantitative estimate of drug-likeness (QED) is 0.763. The monoisotopic (exact) mass is 281 g/mol. The zero-order valence-corrected chi connectivity index (χ0v) is 12.3. The molecule has 112 valence electrons. The van der Waals surface area contributed by atoms with Gasteiger partial charge in [0, 0.05) is 12.1 Å². The lowest BCUT2D eigenvalue weighted by molar-refractivity contribution is -0.127. The number of nitrogens with one attached hydrogen (secondary N) is 1. The number of aliphatic hydroxyl groups excluding tert-OH is 1. The average molecular weight is 281 g/mol. The van der Waals surface area contributed by atoms with Crippen LogP contribution in [0.4, 0.5) is 0 Å². The Kier molecular flexibility index (Phi) is 6.87. The van der Waals surface area contributed by atoms with Gasteiger partial charge >= 0.3 is 0 Å². The Balaban J connectivity index is 2.86. The number of hydrogen-bond acceptors (Lipinski definition) is 4. The van der Waals surface area contributed by atoms with Gasteiger partial charge in [-0.05, 0) is 26.3 Å². The first kappa shape index (κ1) is 16.3. The molecule has 0 aliphatic carbocycles. The van der Waals surface area contributed by atoms with Crippen molar-refractivity contribution in [2.75, 3.05) is 13.2 Å². The average Bonchev–Trinajstić information content (AvgIpc) is 2.46. The lowest BCUT2D eigenvalue weighted by atomic mass is 10.2. The van der Waals surface area contributed by atoms with Crippen LogP contribution in [0.25, 0.3) is 0 Å². The van der Waals surface area contributed by atoms with Gasteiger partial charge < -0.3 is 19.9 Å². The summed E-state index contributed by atoms with van der Waals surface area (Å²) in [5.74, 6) is 0.784. The Morgan fingerprint density at radius 2 is 2.15 bits per heavy atom. The van der Waals surface area contributed by atoms with Crippen molar-refractivity contribution in [3.63, 3.8) is 0 Å². The number of amides is 1. The number of hydrogen-bond donors (Lipinski definition) is 2.